The maximum Gasteiger partial charge on any atom is 0.322 e. The first-order valence-electron chi connectivity index (χ1n) is 34.7. The third kappa shape index (κ3) is 36.1. The molecule has 0 bridgehead atoms. The van der Waals surface area contributed by atoms with Gasteiger partial charge in [0.25, 0.3) is 0 Å². The summed E-state index contributed by atoms with van der Waals surface area (Å²) in [5.41, 5.74) is 0. The molecule has 20 nitrogen and oxygen atoms in total. The normalized spacial score (nSPS) is 24.5. The number of nitrogens with zero attached hydrogens (tertiary/aromatic N) is 4. The van der Waals surface area contributed by atoms with Crippen LogP contribution in [0.25, 0.3) is 0 Å². The van der Waals surface area contributed by atoms with E-state index < -0.39 is 112 Å². The Labute approximate surface area is 562 Å². The molecular formula is C59H140N4O16Si11. The summed E-state index contributed by atoms with van der Waals surface area (Å²) in [5, 5.41) is 43.5. The molecule has 2 heterocycles. The van der Waals surface area contributed by atoms with E-state index in [0.29, 0.717) is 45.4 Å². The van der Waals surface area contributed by atoms with E-state index in [1.54, 1.807) is 13.1 Å². The number of ether oxygens (including phenoxy) is 2. The van der Waals surface area contributed by atoms with Crippen LogP contribution in [0.1, 0.15) is 64.7 Å². The first kappa shape index (κ1) is 85.8. The number of hydrogen-bond donors (Lipinski definition) is 5. The Hall–Kier alpha value is 1.59. The molecule has 0 amide bonds. The van der Waals surface area contributed by atoms with Crippen molar-refractivity contribution in [3.63, 3.8) is 0 Å². The molecule has 4 fully saturated rings. The van der Waals surface area contributed by atoms with Crippen LogP contribution in [0.3, 0.4) is 0 Å². The van der Waals surface area contributed by atoms with Crippen molar-refractivity contribution in [3.8, 4) is 0 Å². The average molecular weight is 1470 g/mol. The van der Waals surface area contributed by atoms with Crippen molar-refractivity contribution in [2.24, 2.45) is 11.8 Å². The molecule has 536 valence electrons. The third-order valence-corrected chi connectivity index (χ3v) is 53.2. The van der Waals surface area contributed by atoms with Gasteiger partial charge < -0.3 is 72.0 Å². The van der Waals surface area contributed by atoms with Crippen LogP contribution in [0.4, 0.5) is 0 Å². The molecule has 0 aromatic carbocycles. The molecule has 2 aliphatic carbocycles. The van der Waals surface area contributed by atoms with E-state index in [0.717, 1.165) is 116 Å². The Morgan fingerprint density at radius 3 is 1.17 bits per heavy atom. The first-order valence-corrected chi connectivity index (χ1v) is 67.5. The molecule has 31 heteroatoms. The maximum absolute atomic E-state index is 11.6. The van der Waals surface area contributed by atoms with Crippen molar-refractivity contribution >= 4 is 93.2 Å². The fourth-order valence-corrected chi connectivity index (χ4v) is 60.8. The SMILES string of the molecule is CCC1CCCC(N2CCN(C3CCCC(CO[Si](C)(C)O[Si](C)(C)O[Si](C)(C)O[Si](C)(C)O[Si](C)(C)O[Si](C)(C)C)C3O)CC2)C1O.C[Si](C)(C)CCCOCC(O)CN1CCN(CC(O)COCCC[Si](C)(C)O[Si](C)(C)O[Si](C)(C)O[Si](C)(C)O)CC1. The van der Waals surface area contributed by atoms with Crippen molar-refractivity contribution in [2.75, 3.05) is 98.5 Å². The van der Waals surface area contributed by atoms with Gasteiger partial charge in [-0.05, 0) is 188 Å². The Morgan fingerprint density at radius 1 is 0.422 bits per heavy atom. The first-order chi connectivity index (χ1) is 40.9. The van der Waals surface area contributed by atoms with E-state index in [1.165, 1.54) is 12.5 Å². The molecular weight excluding hydrogens is 1330 g/mol. The van der Waals surface area contributed by atoms with E-state index in [1.807, 2.05) is 13.1 Å². The largest absolute Gasteiger partial charge is 0.437 e. The van der Waals surface area contributed by atoms with Gasteiger partial charge in [-0.15, -0.1) is 0 Å². The zero-order valence-corrected chi connectivity index (χ0v) is 73.0. The van der Waals surface area contributed by atoms with Crippen LogP contribution in [-0.2, 0) is 46.8 Å². The molecule has 2 aliphatic heterocycles. The lowest BCUT2D eigenvalue weighted by Gasteiger charge is -2.48. The molecule has 0 spiro atoms. The van der Waals surface area contributed by atoms with Crippen molar-refractivity contribution < 1.29 is 72.0 Å². The quantitative estimate of drug-likeness (QED) is 0.0287. The van der Waals surface area contributed by atoms with Crippen LogP contribution in [0.2, 0.25) is 169 Å². The summed E-state index contributed by atoms with van der Waals surface area (Å²) < 4.78 is 70.2. The highest BCUT2D eigenvalue weighted by atomic mass is 28.5. The van der Waals surface area contributed by atoms with Crippen LogP contribution in [0.15, 0.2) is 0 Å². The number of aliphatic hydroxyl groups is 4. The summed E-state index contributed by atoms with van der Waals surface area (Å²) in [6.07, 6.45) is 8.01. The van der Waals surface area contributed by atoms with E-state index in [-0.39, 0.29) is 24.1 Å². The molecule has 8 atom stereocenters. The predicted octanol–water partition coefficient (Wildman–Crippen LogP) is 10.3. The molecule has 0 aromatic heterocycles. The van der Waals surface area contributed by atoms with Gasteiger partial charge in [0, 0.05) is 111 Å². The van der Waals surface area contributed by atoms with Crippen LogP contribution < -0.4 is 0 Å². The van der Waals surface area contributed by atoms with E-state index in [4.69, 9.17) is 46.8 Å². The van der Waals surface area contributed by atoms with Crippen molar-refractivity contribution in [1.29, 1.82) is 0 Å². The summed E-state index contributed by atoms with van der Waals surface area (Å²) in [6.45, 7) is 64.1. The second kappa shape index (κ2) is 36.8. The minimum atomic E-state index is -2.67. The topological polar surface area (TPSA) is 216 Å². The minimum absolute atomic E-state index is 0.0947. The summed E-state index contributed by atoms with van der Waals surface area (Å²) in [7, 11) is -24.9. The van der Waals surface area contributed by atoms with Crippen LogP contribution in [-0.4, -0.2) is 273 Å². The van der Waals surface area contributed by atoms with Gasteiger partial charge in [0.2, 0.25) is 0 Å². The number of rotatable bonds is 38. The van der Waals surface area contributed by atoms with Gasteiger partial charge in [0.15, 0.2) is 16.6 Å². The summed E-state index contributed by atoms with van der Waals surface area (Å²) in [6, 6.07) is 2.66. The highest BCUT2D eigenvalue weighted by molar-refractivity contribution is 6.91. The molecule has 4 rings (SSSR count). The maximum atomic E-state index is 11.6. The second-order valence-electron chi connectivity index (χ2n) is 33.0. The van der Waals surface area contributed by atoms with Gasteiger partial charge in [-0.3, -0.25) is 19.6 Å². The van der Waals surface area contributed by atoms with Crippen LogP contribution in [0, 0.1) is 11.8 Å². The zero-order valence-electron chi connectivity index (χ0n) is 62.0. The van der Waals surface area contributed by atoms with Crippen LogP contribution >= 0.6 is 0 Å². The molecule has 90 heavy (non-hydrogen) atoms. The lowest BCUT2D eigenvalue weighted by Crippen LogP contribution is -2.61. The standard InChI is InChI=1S/C32H74N2O8Si6.C27H66N2O8Si5/c1-15-27-18-16-20-29(31(27)35)33-22-24-34(25-23-33)30-21-17-19-28(32(30)36)26-37-44(5,6)39-46(9,10)41-48(13,14)42-47(11,12)40-45(7,8)38-43(2,3)4;1-38(2,3)20-12-18-33-24-26(30)22-28-14-16-29(17-15-28)23-27(31)25-34-19-13-21-39(4,5)35-41(8,9)37-42(10,11)36-40(6,7)32/h27-32,35-36H,15-26H2,1-14H3;26-27,30-32H,12-25H2,1-11H3. The Balaban J connectivity index is 0.000000475. The molecule has 2 saturated carbocycles. The highest BCUT2D eigenvalue weighted by Crippen LogP contribution is 2.35. The van der Waals surface area contributed by atoms with Gasteiger partial charge in [-0.2, -0.15) is 0 Å². The van der Waals surface area contributed by atoms with Crippen molar-refractivity contribution in [2.45, 2.75) is 270 Å². The molecule has 4 aliphatic rings. The summed E-state index contributed by atoms with van der Waals surface area (Å²) in [4.78, 5) is 19.8. The van der Waals surface area contributed by atoms with E-state index >= 15 is 0 Å². The Kier molecular flexibility index (Phi) is 35.1. The summed E-state index contributed by atoms with van der Waals surface area (Å²) in [5.74, 6) is 0.529. The number of hydrogen-bond acceptors (Lipinski definition) is 20. The molecule has 2 saturated heterocycles. The average Bonchev–Trinajstić information content (AvgIpc) is 0.863. The van der Waals surface area contributed by atoms with Crippen molar-refractivity contribution in [1.82, 2.24) is 19.6 Å². The molecule has 5 N–H and O–H groups in total. The summed E-state index contributed by atoms with van der Waals surface area (Å²) >= 11 is 0. The van der Waals surface area contributed by atoms with Gasteiger partial charge in [-0.25, -0.2) is 0 Å². The molecule has 0 radical (unpaired) electrons. The minimum Gasteiger partial charge on any atom is -0.437 e. The number of aliphatic hydroxyl groups excluding tert-OH is 4. The molecule has 0 aromatic rings. The Morgan fingerprint density at radius 2 is 0.778 bits per heavy atom. The van der Waals surface area contributed by atoms with E-state index in [9.17, 15) is 25.2 Å². The van der Waals surface area contributed by atoms with Crippen molar-refractivity contribution in [3.05, 3.63) is 0 Å². The second-order valence-corrected chi connectivity index (χ2v) is 76.2. The number of β-amino-alcohol motifs (C(OH)–C–C–N with tert-alkyl or cyclic N) is 2. The lowest BCUT2D eigenvalue weighted by molar-refractivity contribution is -0.0695. The smallest absolute Gasteiger partial charge is 0.322 e. The van der Waals surface area contributed by atoms with E-state index in [2.05, 4.69) is 157 Å². The Bertz CT molecular complexity index is 2030. The van der Waals surface area contributed by atoms with Crippen LogP contribution in [0.5, 0.6) is 0 Å². The lowest BCUT2D eigenvalue weighted by atomic mass is 9.80. The fraction of sp³-hybridized carbons (Fsp3) is 1.00. The number of piperazine rings is 2. The zero-order chi connectivity index (χ0) is 68.6. The molecule has 8 unspecified atom stereocenters. The third-order valence-electron chi connectivity index (χ3n) is 16.7. The van der Waals surface area contributed by atoms with Gasteiger partial charge in [0.1, 0.15) is 0 Å². The van der Waals surface area contributed by atoms with Gasteiger partial charge >= 0.3 is 68.5 Å². The monoisotopic (exact) mass is 1470 g/mol. The predicted molar refractivity (Wildman–Crippen MR) is 394 cm³/mol. The van der Waals surface area contributed by atoms with Gasteiger partial charge in [-0.1, -0.05) is 51.9 Å². The highest BCUT2D eigenvalue weighted by Gasteiger charge is 2.49. The fourth-order valence-electron chi connectivity index (χ4n) is 14.4. The van der Waals surface area contributed by atoms with Gasteiger partial charge in [0.05, 0.1) is 37.6 Å².